The number of carbonyl (C=O) groups is 1. The zero-order valence-corrected chi connectivity index (χ0v) is 17.2. The maximum atomic E-state index is 13.0. The van der Waals surface area contributed by atoms with Crippen LogP contribution in [0.25, 0.3) is 32.7 Å². The third kappa shape index (κ3) is 2.91. The maximum Gasteiger partial charge on any atom is 0.165 e. The van der Waals surface area contributed by atoms with Gasteiger partial charge in [-0.05, 0) is 24.0 Å². The number of hydrogen-bond acceptors (Lipinski definition) is 6. The highest BCUT2D eigenvalue weighted by molar-refractivity contribution is 7.13. The number of rotatable bonds is 3. The lowest BCUT2D eigenvalue weighted by Gasteiger charge is -2.28. The fraction of sp³-hybridized carbons (Fsp3) is 0.238. The summed E-state index contributed by atoms with van der Waals surface area (Å²) in [6, 6.07) is 5.92. The Balaban J connectivity index is 1.73. The van der Waals surface area contributed by atoms with Gasteiger partial charge in [0.15, 0.2) is 5.78 Å². The fourth-order valence-electron chi connectivity index (χ4n) is 3.85. The number of fused-ring (bicyclic) bond motifs is 1. The number of aromatic amines is 1. The minimum atomic E-state index is -0.0531. The van der Waals surface area contributed by atoms with E-state index >= 15 is 0 Å². The second-order valence-corrected chi connectivity index (χ2v) is 9.54. The largest absolute Gasteiger partial charge is 0.356 e. The highest BCUT2D eigenvalue weighted by Gasteiger charge is 2.36. The molecule has 0 spiro atoms. The Bertz CT molecular complexity index is 1160. The van der Waals surface area contributed by atoms with Crippen LogP contribution >= 0.6 is 22.7 Å². The molecule has 0 saturated carbocycles. The average Bonchev–Trinajstić information content (AvgIpc) is 3.40. The van der Waals surface area contributed by atoms with Crippen LogP contribution in [0.4, 0.5) is 0 Å². The van der Waals surface area contributed by atoms with Gasteiger partial charge in [-0.3, -0.25) is 4.79 Å². The topological polar surface area (TPSA) is 71.5 Å². The van der Waals surface area contributed by atoms with Gasteiger partial charge in [-0.15, -0.1) is 22.7 Å². The van der Waals surface area contributed by atoms with Crippen LogP contribution in [0.2, 0.25) is 0 Å². The Morgan fingerprint density at radius 2 is 1.68 bits per heavy atom. The lowest BCUT2D eigenvalue weighted by atomic mass is 9.75. The van der Waals surface area contributed by atoms with Gasteiger partial charge in [0, 0.05) is 46.4 Å². The fourth-order valence-corrected chi connectivity index (χ4v) is 5.15. The van der Waals surface area contributed by atoms with E-state index in [9.17, 15) is 4.79 Å². The standard InChI is InChI=1S/C21H18N4OS2/c1-21(2)10-14-16(15(26)11-21)17(20-23-7-9-28-20)18(25-14)12-4-3-5-13(24-12)19-22-6-8-27-19/h3-9,25H,10-11H2,1-2H3. The van der Waals surface area contributed by atoms with E-state index in [1.54, 1.807) is 35.1 Å². The Morgan fingerprint density at radius 1 is 0.964 bits per heavy atom. The Kier molecular flexibility index (Phi) is 4.03. The Hall–Kier alpha value is -2.64. The molecular weight excluding hydrogens is 388 g/mol. The molecule has 1 aliphatic carbocycles. The van der Waals surface area contributed by atoms with Crippen LogP contribution in [0.5, 0.6) is 0 Å². The molecule has 0 bridgehead atoms. The molecule has 1 N–H and O–H groups in total. The first kappa shape index (κ1) is 17.5. The predicted octanol–water partition coefficient (Wildman–Crippen LogP) is 5.48. The number of Topliss-reactive ketones (excluding diaryl/α,β-unsaturated/α-hetero) is 1. The summed E-state index contributed by atoms with van der Waals surface area (Å²) in [5.74, 6) is 0.176. The minimum Gasteiger partial charge on any atom is -0.356 e. The molecule has 0 aromatic carbocycles. The van der Waals surface area contributed by atoms with Crippen LogP contribution in [0, 0.1) is 5.41 Å². The summed E-state index contributed by atoms with van der Waals surface area (Å²) in [4.78, 5) is 30.3. The summed E-state index contributed by atoms with van der Waals surface area (Å²) < 4.78 is 0. The molecule has 5 nitrogen and oxygen atoms in total. The number of thiazole rings is 2. The number of aromatic nitrogens is 4. The third-order valence-electron chi connectivity index (χ3n) is 4.95. The van der Waals surface area contributed by atoms with Gasteiger partial charge in [0.2, 0.25) is 0 Å². The van der Waals surface area contributed by atoms with Gasteiger partial charge in [-0.2, -0.15) is 0 Å². The molecule has 0 saturated heterocycles. The smallest absolute Gasteiger partial charge is 0.165 e. The van der Waals surface area contributed by atoms with E-state index in [2.05, 4.69) is 28.8 Å². The van der Waals surface area contributed by atoms with Crippen molar-refractivity contribution in [1.29, 1.82) is 0 Å². The molecule has 5 rings (SSSR count). The van der Waals surface area contributed by atoms with Gasteiger partial charge in [0.25, 0.3) is 0 Å². The molecule has 0 radical (unpaired) electrons. The van der Waals surface area contributed by atoms with E-state index in [1.807, 2.05) is 29.0 Å². The van der Waals surface area contributed by atoms with Crippen molar-refractivity contribution in [2.75, 3.05) is 0 Å². The van der Waals surface area contributed by atoms with Crippen LogP contribution in [0.15, 0.2) is 41.4 Å². The quantitative estimate of drug-likeness (QED) is 0.489. The molecular formula is C21H18N4OS2. The number of ketones is 1. The molecule has 28 heavy (non-hydrogen) atoms. The molecule has 140 valence electrons. The lowest BCUT2D eigenvalue weighted by molar-refractivity contribution is 0.0912. The summed E-state index contributed by atoms with van der Waals surface area (Å²) >= 11 is 3.11. The van der Waals surface area contributed by atoms with Crippen LogP contribution in [-0.4, -0.2) is 25.7 Å². The zero-order valence-electron chi connectivity index (χ0n) is 15.5. The van der Waals surface area contributed by atoms with Crippen molar-refractivity contribution in [3.8, 4) is 32.7 Å². The highest BCUT2D eigenvalue weighted by Crippen LogP contribution is 2.44. The van der Waals surface area contributed by atoms with Crippen LogP contribution < -0.4 is 0 Å². The van der Waals surface area contributed by atoms with E-state index in [1.165, 1.54) is 0 Å². The van der Waals surface area contributed by atoms with Gasteiger partial charge in [-0.25, -0.2) is 15.0 Å². The third-order valence-corrected chi connectivity index (χ3v) is 6.54. The number of H-pyrrole nitrogens is 1. The van der Waals surface area contributed by atoms with Crippen LogP contribution in [0.1, 0.15) is 36.3 Å². The van der Waals surface area contributed by atoms with Gasteiger partial charge in [0.05, 0.1) is 17.1 Å². The van der Waals surface area contributed by atoms with Crippen molar-refractivity contribution in [3.63, 3.8) is 0 Å². The van der Waals surface area contributed by atoms with Crippen molar-refractivity contribution < 1.29 is 4.79 Å². The summed E-state index contributed by atoms with van der Waals surface area (Å²) in [6.45, 7) is 4.28. The summed E-state index contributed by atoms with van der Waals surface area (Å²) in [6.07, 6.45) is 4.93. The number of carbonyl (C=O) groups excluding carboxylic acids is 1. The van der Waals surface area contributed by atoms with Gasteiger partial charge in [0.1, 0.15) is 10.0 Å². The second kappa shape index (κ2) is 6.46. The first-order valence-corrected chi connectivity index (χ1v) is 10.8. The zero-order chi connectivity index (χ0) is 19.3. The molecule has 0 amide bonds. The lowest BCUT2D eigenvalue weighted by Crippen LogP contribution is -2.26. The summed E-state index contributed by atoms with van der Waals surface area (Å²) in [5, 5.41) is 5.61. The van der Waals surface area contributed by atoms with Gasteiger partial charge >= 0.3 is 0 Å². The molecule has 0 unspecified atom stereocenters. The molecule has 4 aromatic rings. The average molecular weight is 407 g/mol. The van der Waals surface area contributed by atoms with Gasteiger partial charge < -0.3 is 4.98 Å². The SMILES string of the molecule is CC1(C)CC(=O)c2c([nH]c(-c3cccc(-c4nccs4)n3)c2-c2nccs2)C1. The second-order valence-electron chi connectivity index (χ2n) is 7.75. The normalized spacial score (nSPS) is 15.6. The van der Waals surface area contributed by atoms with Crippen molar-refractivity contribution in [3.05, 3.63) is 52.6 Å². The Labute approximate surface area is 170 Å². The number of nitrogens with one attached hydrogen (secondary N) is 1. The summed E-state index contributed by atoms with van der Waals surface area (Å²) in [7, 11) is 0. The van der Waals surface area contributed by atoms with E-state index < -0.39 is 0 Å². The molecule has 1 aliphatic rings. The van der Waals surface area contributed by atoms with E-state index in [4.69, 9.17) is 4.98 Å². The maximum absolute atomic E-state index is 13.0. The monoisotopic (exact) mass is 406 g/mol. The first-order valence-electron chi connectivity index (χ1n) is 9.07. The Morgan fingerprint density at radius 3 is 2.39 bits per heavy atom. The number of hydrogen-bond donors (Lipinski definition) is 1. The van der Waals surface area contributed by atoms with Gasteiger partial charge in [-0.1, -0.05) is 19.9 Å². The molecule has 7 heteroatoms. The first-order chi connectivity index (χ1) is 13.5. The van der Waals surface area contributed by atoms with E-state index in [0.717, 1.165) is 50.3 Å². The molecule has 0 fully saturated rings. The van der Waals surface area contributed by atoms with Crippen LogP contribution in [0.3, 0.4) is 0 Å². The van der Waals surface area contributed by atoms with Crippen molar-refractivity contribution in [2.24, 2.45) is 5.41 Å². The number of nitrogens with zero attached hydrogens (tertiary/aromatic N) is 3. The summed E-state index contributed by atoms with van der Waals surface area (Å²) in [5.41, 5.74) is 5.10. The van der Waals surface area contributed by atoms with E-state index in [-0.39, 0.29) is 11.2 Å². The molecule has 0 aliphatic heterocycles. The molecule has 4 heterocycles. The number of pyridine rings is 1. The van der Waals surface area contributed by atoms with Crippen LogP contribution in [-0.2, 0) is 6.42 Å². The molecule has 0 atom stereocenters. The highest BCUT2D eigenvalue weighted by atomic mass is 32.1. The molecule has 4 aromatic heterocycles. The van der Waals surface area contributed by atoms with E-state index in [0.29, 0.717) is 6.42 Å². The minimum absolute atomic E-state index is 0.0531. The van der Waals surface area contributed by atoms with Crippen molar-refractivity contribution in [2.45, 2.75) is 26.7 Å². The van der Waals surface area contributed by atoms with Crippen molar-refractivity contribution >= 4 is 28.5 Å². The van der Waals surface area contributed by atoms with Crippen molar-refractivity contribution in [1.82, 2.24) is 19.9 Å². The predicted molar refractivity (Wildman–Crippen MR) is 113 cm³/mol.